The Hall–Kier alpha value is -1.00. The summed E-state index contributed by atoms with van der Waals surface area (Å²) < 4.78 is 0. The molecule has 154 valence electrons. The maximum absolute atomic E-state index is 10.5. The van der Waals surface area contributed by atoms with E-state index in [0.717, 1.165) is 44.3 Å². The number of rotatable bonds is 4. The van der Waals surface area contributed by atoms with Gasteiger partial charge in [-0.1, -0.05) is 20.8 Å². The minimum atomic E-state index is -0.419. The molecule has 2 fully saturated rings. The summed E-state index contributed by atoms with van der Waals surface area (Å²) in [5.41, 5.74) is 1.33. The van der Waals surface area contributed by atoms with E-state index in [9.17, 15) is 5.11 Å². The molecule has 2 aliphatic carbocycles. The van der Waals surface area contributed by atoms with Gasteiger partial charge < -0.3 is 5.11 Å². The summed E-state index contributed by atoms with van der Waals surface area (Å²) in [6.07, 6.45) is 11.3. The molecular formula is C24H36N2OS. The monoisotopic (exact) mass is 400 g/mol. The van der Waals surface area contributed by atoms with E-state index in [1.165, 1.54) is 46.5 Å². The molecule has 0 amide bonds. The molecule has 0 aromatic carbocycles. The van der Waals surface area contributed by atoms with Crippen molar-refractivity contribution >= 4 is 21.6 Å². The Morgan fingerprint density at radius 1 is 1.07 bits per heavy atom. The van der Waals surface area contributed by atoms with Gasteiger partial charge in [-0.15, -0.1) is 11.3 Å². The molecule has 0 aliphatic heterocycles. The van der Waals surface area contributed by atoms with Gasteiger partial charge in [-0.05, 0) is 94.4 Å². The number of aliphatic hydroxyl groups is 1. The first kappa shape index (κ1) is 20.3. The van der Waals surface area contributed by atoms with E-state index in [2.05, 4.69) is 26.8 Å². The molecule has 2 aliphatic rings. The highest BCUT2D eigenvalue weighted by molar-refractivity contribution is 7.18. The maximum atomic E-state index is 10.5. The fourth-order valence-corrected chi connectivity index (χ4v) is 6.47. The van der Waals surface area contributed by atoms with Crippen molar-refractivity contribution < 1.29 is 5.11 Å². The molecule has 0 radical (unpaired) electrons. The fourth-order valence-electron chi connectivity index (χ4n) is 5.20. The summed E-state index contributed by atoms with van der Waals surface area (Å²) in [6, 6.07) is 2.42. The smallest absolute Gasteiger partial charge is 0.127 e. The average molecular weight is 401 g/mol. The molecule has 0 saturated heterocycles. The van der Waals surface area contributed by atoms with Crippen LogP contribution in [0.1, 0.15) is 101 Å². The van der Waals surface area contributed by atoms with E-state index < -0.39 is 5.60 Å². The quantitative estimate of drug-likeness (QED) is 0.632. The van der Waals surface area contributed by atoms with E-state index in [0.29, 0.717) is 17.3 Å². The molecule has 3 nitrogen and oxygen atoms in total. The Bertz CT molecular complexity index is 822. The second-order valence-corrected chi connectivity index (χ2v) is 11.3. The van der Waals surface area contributed by atoms with Crippen molar-refractivity contribution in [2.75, 3.05) is 0 Å². The van der Waals surface area contributed by atoms with Gasteiger partial charge in [-0.25, -0.2) is 9.97 Å². The Kier molecular flexibility index (Phi) is 5.56. The number of hydrogen-bond donors (Lipinski definition) is 1. The van der Waals surface area contributed by atoms with E-state index in [1.54, 1.807) is 0 Å². The van der Waals surface area contributed by atoms with Crippen LogP contribution in [0.3, 0.4) is 0 Å². The van der Waals surface area contributed by atoms with Gasteiger partial charge in [-0.2, -0.15) is 0 Å². The standard InChI is InChI=1S/C24H36N2OS/c1-5-24(27)12-6-17(7-13-24)14-20-19-15-21(28-22(19)26-16(2)25-20)18-8-10-23(3,4)11-9-18/h15,17-18,27H,5-14H2,1-4H3. The molecule has 2 aromatic rings. The van der Waals surface area contributed by atoms with Crippen LogP contribution in [0.5, 0.6) is 0 Å². The van der Waals surface area contributed by atoms with Crippen molar-refractivity contribution in [3.63, 3.8) is 0 Å². The third-order valence-electron chi connectivity index (χ3n) is 7.52. The highest BCUT2D eigenvalue weighted by Gasteiger charge is 2.32. The van der Waals surface area contributed by atoms with Gasteiger partial charge in [0.1, 0.15) is 10.7 Å². The lowest BCUT2D eigenvalue weighted by Gasteiger charge is -2.35. The molecule has 2 saturated carbocycles. The summed E-state index contributed by atoms with van der Waals surface area (Å²) in [6.45, 7) is 8.95. The van der Waals surface area contributed by atoms with Gasteiger partial charge in [0.2, 0.25) is 0 Å². The van der Waals surface area contributed by atoms with Crippen LogP contribution >= 0.6 is 11.3 Å². The SMILES string of the molecule is CCC1(O)CCC(Cc2nc(C)nc3sc(C4CCC(C)(C)CC4)cc23)CC1. The second kappa shape index (κ2) is 7.68. The van der Waals surface area contributed by atoms with Gasteiger partial charge >= 0.3 is 0 Å². The summed E-state index contributed by atoms with van der Waals surface area (Å²) >= 11 is 1.91. The van der Waals surface area contributed by atoms with Crippen LogP contribution in [0, 0.1) is 18.3 Å². The third kappa shape index (κ3) is 4.28. The first-order valence-corrected chi connectivity index (χ1v) is 12.1. The number of hydrogen-bond acceptors (Lipinski definition) is 4. The van der Waals surface area contributed by atoms with Crippen molar-refractivity contribution in [2.45, 2.75) is 103 Å². The lowest BCUT2D eigenvalue weighted by Crippen LogP contribution is -2.33. The largest absolute Gasteiger partial charge is 0.390 e. The predicted octanol–water partition coefficient (Wildman–Crippen LogP) is 6.56. The maximum Gasteiger partial charge on any atom is 0.127 e. The Morgan fingerprint density at radius 3 is 2.39 bits per heavy atom. The molecule has 2 heterocycles. The minimum absolute atomic E-state index is 0.419. The highest BCUT2D eigenvalue weighted by atomic mass is 32.1. The average Bonchev–Trinajstić information content (AvgIpc) is 3.07. The van der Waals surface area contributed by atoms with Crippen molar-refractivity contribution in [1.82, 2.24) is 9.97 Å². The molecule has 0 unspecified atom stereocenters. The summed E-state index contributed by atoms with van der Waals surface area (Å²) in [5, 5.41) is 11.8. The number of nitrogens with zero attached hydrogens (tertiary/aromatic N) is 2. The lowest BCUT2D eigenvalue weighted by atomic mass is 9.73. The molecular weight excluding hydrogens is 364 g/mol. The first-order valence-electron chi connectivity index (χ1n) is 11.3. The molecule has 0 bridgehead atoms. The molecule has 0 atom stereocenters. The highest BCUT2D eigenvalue weighted by Crippen LogP contribution is 2.45. The van der Waals surface area contributed by atoms with Crippen LogP contribution in [0.2, 0.25) is 0 Å². The van der Waals surface area contributed by atoms with E-state index in [1.807, 2.05) is 18.3 Å². The lowest BCUT2D eigenvalue weighted by molar-refractivity contribution is -0.0124. The summed E-state index contributed by atoms with van der Waals surface area (Å²) in [4.78, 5) is 12.4. The Balaban J connectivity index is 1.53. The number of aryl methyl sites for hydroxylation is 1. The van der Waals surface area contributed by atoms with Gasteiger partial charge in [0.25, 0.3) is 0 Å². The van der Waals surface area contributed by atoms with Crippen molar-refractivity contribution in [1.29, 1.82) is 0 Å². The fraction of sp³-hybridized carbons (Fsp3) is 0.750. The molecule has 4 heteroatoms. The van der Waals surface area contributed by atoms with Crippen LogP contribution in [0.25, 0.3) is 10.2 Å². The van der Waals surface area contributed by atoms with E-state index in [4.69, 9.17) is 9.97 Å². The zero-order valence-corrected chi connectivity index (χ0v) is 18.9. The number of thiophene rings is 1. The molecule has 1 N–H and O–H groups in total. The van der Waals surface area contributed by atoms with Gasteiger partial charge in [-0.3, -0.25) is 0 Å². The van der Waals surface area contributed by atoms with Gasteiger partial charge in [0, 0.05) is 10.3 Å². The van der Waals surface area contributed by atoms with Crippen LogP contribution in [0.15, 0.2) is 6.07 Å². The van der Waals surface area contributed by atoms with E-state index >= 15 is 0 Å². The summed E-state index contributed by atoms with van der Waals surface area (Å²) in [7, 11) is 0. The Morgan fingerprint density at radius 2 is 1.75 bits per heavy atom. The molecule has 28 heavy (non-hydrogen) atoms. The molecule has 0 spiro atoms. The van der Waals surface area contributed by atoms with Gasteiger partial charge in [0.15, 0.2) is 0 Å². The zero-order chi connectivity index (χ0) is 19.9. The predicted molar refractivity (Wildman–Crippen MR) is 118 cm³/mol. The zero-order valence-electron chi connectivity index (χ0n) is 18.1. The van der Waals surface area contributed by atoms with Crippen LogP contribution in [-0.2, 0) is 6.42 Å². The molecule has 4 rings (SSSR count). The van der Waals surface area contributed by atoms with Crippen molar-refractivity contribution in [3.8, 4) is 0 Å². The normalized spacial score (nSPS) is 28.7. The van der Waals surface area contributed by atoms with E-state index in [-0.39, 0.29) is 0 Å². The number of fused-ring (bicyclic) bond motifs is 1. The second-order valence-electron chi connectivity index (χ2n) is 10.2. The van der Waals surface area contributed by atoms with Crippen LogP contribution < -0.4 is 0 Å². The van der Waals surface area contributed by atoms with Crippen LogP contribution in [0.4, 0.5) is 0 Å². The number of aromatic nitrogens is 2. The Labute approximate surface area is 174 Å². The third-order valence-corrected chi connectivity index (χ3v) is 8.71. The summed E-state index contributed by atoms with van der Waals surface area (Å²) in [5.74, 6) is 2.25. The van der Waals surface area contributed by atoms with Gasteiger partial charge in [0.05, 0.1) is 11.3 Å². The van der Waals surface area contributed by atoms with Crippen molar-refractivity contribution in [2.24, 2.45) is 11.3 Å². The topological polar surface area (TPSA) is 46.0 Å². The van der Waals surface area contributed by atoms with Crippen LogP contribution in [-0.4, -0.2) is 20.7 Å². The molecule has 2 aromatic heterocycles. The van der Waals surface area contributed by atoms with Crippen molar-refractivity contribution in [3.05, 3.63) is 22.5 Å². The first-order chi connectivity index (χ1) is 13.3. The minimum Gasteiger partial charge on any atom is -0.390 e.